The summed E-state index contributed by atoms with van der Waals surface area (Å²) in [7, 11) is 4.82. The first-order valence-electron chi connectivity index (χ1n) is 8.77. The van der Waals surface area contributed by atoms with E-state index >= 15 is 0 Å². The average Bonchev–Trinajstić information content (AvgIpc) is 3.01. The molecule has 0 saturated carbocycles. The molecule has 0 radical (unpaired) electrons. The summed E-state index contributed by atoms with van der Waals surface area (Å²) in [5, 5.41) is 6.60. The zero-order valence-corrected chi connectivity index (χ0v) is 16.3. The van der Waals surface area contributed by atoms with Crippen molar-refractivity contribution in [1.82, 2.24) is 4.57 Å². The number of nitrogens with one attached hydrogen (secondary N) is 2. The minimum absolute atomic E-state index is 0.0535. The molecule has 0 spiro atoms. The number of fused-ring (bicyclic) bond motifs is 1. The number of methoxy groups -OCH3 is 2. The van der Waals surface area contributed by atoms with Gasteiger partial charge in [0.15, 0.2) is 0 Å². The van der Waals surface area contributed by atoms with E-state index in [1.165, 1.54) is 14.2 Å². The van der Waals surface area contributed by atoms with Gasteiger partial charge >= 0.3 is 0 Å². The van der Waals surface area contributed by atoms with Crippen molar-refractivity contribution in [3.8, 4) is 5.75 Å². The summed E-state index contributed by atoms with van der Waals surface area (Å²) in [6.07, 6.45) is 0. The third kappa shape index (κ3) is 3.84. The lowest BCUT2D eigenvalue weighted by atomic mass is 10.2. The third-order valence-corrected chi connectivity index (χ3v) is 4.50. The fourth-order valence-electron chi connectivity index (χ4n) is 3.22. The van der Waals surface area contributed by atoms with E-state index in [1.807, 2.05) is 42.8 Å². The molecule has 7 nitrogen and oxygen atoms in total. The normalized spacial score (nSPS) is 10.7. The van der Waals surface area contributed by atoms with Gasteiger partial charge < -0.3 is 24.7 Å². The Morgan fingerprint density at radius 2 is 1.86 bits per heavy atom. The lowest BCUT2D eigenvalue weighted by Crippen LogP contribution is -2.18. The van der Waals surface area contributed by atoms with Gasteiger partial charge in [-0.15, -0.1) is 0 Å². The quantitative estimate of drug-likeness (QED) is 0.686. The second kappa shape index (κ2) is 8.14. The van der Waals surface area contributed by atoms with Gasteiger partial charge in [0.05, 0.1) is 18.3 Å². The van der Waals surface area contributed by atoms with E-state index in [2.05, 4.69) is 10.6 Å². The molecule has 3 aromatic rings. The zero-order valence-electron chi connectivity index (χ0n) is 16.3. The Morgan fingerprint density at radius 1 is 1.07 bits per heavy atom. The average molecular weight is 381 g/mol. The molecule has 28 heavy (non-hydrogen) atoms. The summed E-state index contributed by atoms with van der Waals surface area (Å²) in [4.78, 5) is 24.5. The number of aryl methyl sites for hydroxylation is 2. The van der Waals surface area contributed by atoms with Crippen molar-refractivity contribution >= 4 is 34.1 Å². The molecule has 0 fully saturated rings. The Morgan fingerprint density at radius 3 is 2.54 bits per heavy atom. The summed E-state index contributed by atoms with van der Waals surface area (Å²) >= 11 is 0. The SMILES string of the molecule is COCC(=O)Nc1ccc(NC(=O)c2cc3cccc(C)c3n2C)cc1OC. The standard InChI is InChI=1S/C21H23N3O4/c1-13-6-5-7-14-10-17(24(2)20(13)14)21(26)22-15-8-9-16(18(11-15)28-4)23-19(25)12-27-3/h5-11H,12H2,1-4H3,(H,22,26)(H,23,25). The van der Waals surface area contributed by atoms with Crippen LogP contribution in [-0.4, -0.2) is 37.2 Å². The Balaban J connectivity index is 1.84. The number of amides is 2. The van der Waals surface area contributed by atoms with E-state index in [4.69, 9.17) is 9.47 Å². The number of aromatic nitrogens is 1. The number of hydrogen-bond donors (Lipinski definition) is 2. The highest BCUT2D eigenvalue weighted by Crippen LogP contribution is 2.29. The van der Waals surface area contributed by atoms with Gasteiger partial charge in [0, 0.05) is 31.3 Å². The number of ether oxygens (including phenoxy) is 2. The molecule has 7 heteroatoms. The number of carbonyl (C=O) groups excluding carboxylic acids is 2. The van der Waals surface area contributed by atoms with Crippen LogP contribution in [-0.2, 0) is 16.6 Å². The molecule has 0 aliphatic carbocycles. The maximum Gasteiger partial charge on any atom is 0.272 e. The molecule has 0 aliphatic rings. The second-order valence-corrected chi connectivity index (χ2v) is 6.45. The molecule has 2 amide bonds. The smallest absolute Gasteiger partial charge is 0.272 e. The molecule has 0 unspecified atom stereocenters. The van der Waals surface area contributed by atoms with Crippen LogP contribution in [0.2, 0.25) is 0 Å². The Kier molecular flexibility index (Phi) is 5.65. The minimum Gasteiger partial charge on any atom is -0.494 e. The molecule has 2 aromatic carbocycles. The molecule has 0 saturated heterocycles. The van der Waals surface area contributed by atoms with E-state index in [0.29, 0.717) is 22.8 Å². The number of nitrogens with zero attached hydrogens (tertiary/aromatic N) is 1. The third-order valence-electron chi connectivity index (χ3n) is 4.50. The Labute approximate surface area is 163 Å². The molecule has 146 valence electrons. The monoisotopic (exact) mass is 381 g/mol. The highest BCUT2D eigenvalue weighted by Gasteiger charge is 2.16. The van der Waals surface area contributed by atoms with Crippen LogP contribution in [0.3, 0.4) is 0 Å². The van der Waals surface area contributed by atoms with E-state index in [0.717, 1.165) is 16.5 Å². The molecule has 2 N–H and O–H groups in total. The van der Waals surface area contributed by atoms with E-state index in [1.54, 1.807) is 18.2 Å². The van der Waals surface area contributed by atoms with Crippen molar-refractivity contribution in [2.24, 2.45) is 7.05 Å². The van der Waals surface area contributed by atoms with Crippen molar-refractivity contribution in [1.29, 1.82) is 0 Å². The van der Waals surface area contributed by atoms with Gasteiger partial charge in [-0.3, -0.25) is 9.59 Å². The van der Waals surface area contributed by atoms with Crippen LogP contribution >= 0.6 is 0 Å². The Hall–Kier alpha value is -3.32. The molecule has 0 atom stereocenters. The summed E-state index contributed by atoms with van der Waals surface area (Å²) in [5.74, 6) is -0.0742. The minimum atomic E-state index is -0.288. The predicted octanol–water partition coefficient (Wildman–Crippen LogP) is 3.33. The first-order valence-corrected chi connectivity index (χ1v) is 8.77. The maximum atomic E-state index is 12.8. The van der Waals surface area contributed by atoms with Gasteiger partial charge in [-0.05, 0) is 30.7 Å². The van der Waals surface area contributed by atoms with E-state index in [-0.39, 0.29) is 18.4 Å². The molecular formula is C21H23N3O4. The number of rotatable bonds is 6. The van der Waals surface area contributed by atoms with Crippen molar-refractivity contribution in [3.63, 3.8) is 0 Å². The number of para-hydroxylation sites is 1. The first kappa shape index (κ1) is 19.4. The number of hydrogen-bond acceptors (Lipinski definition) is 4. The summed E-state index contributed by atoms with van der Waals surface area (Å²) in [6.45, 7) is 1.97. The molecule has 1 aromatic heterocycles. The summed E-state index contributed by atoms with van der Waals surface area (Å²) in [6, 6.07) is 12.9. The molecule has 0 bridgehead atoms. The summed E-state index contributed by atoms with van der Waals surface area (Å²) in [5.41, 5.74) is 3.76. The highest BCUT2D eigenvalue weighted by atomic mass is 16.5. The van der Waals surface area contributed by atoms with Gasteiger partial charge in [-0.2, -0.15) is 0 Å². The van der Waals surface area contributed by atoms with Gasteiger partial charge in [-0.1, -0.05) is 18.2 Å². The van der Waals surface area contributed by atoms with Crippen LogP contribution < -0.4 is 15.4 Å². The predicted molar refractivity (Wildman–Crippen MR) is 109 cm³/mol. The van der Waals surface area contributed by atoms with E-state index in [9.17, 15) is 9.59 Å². The lowest BCUT2D eigenvalue weighted by Gasteiger charge is -2.13. The van der Waals surface area contributed by atoms with Gasteiger partial charge in [0.25, 0.3) is 5.91 Å². The van der Waals surface area contributed by atoms with Crippen molar-refractivity contribution in [2.45, 2.75) is 6.92 Å². The number of benzene rings is 2. The number of anilines is 2. The van der Waals surface area contributed by atoms with Crippen LogP contribution in [0.4, 0.5) is 11.4 Å². The van der Waals surface area contributed by atoms with Crippen LogP contribution in [0, 0.1) is 6.92 Å². The maximum absolute atomic E-state index is 12.8. The van der Waals surface area contributed by atoms with Crippen LogP contribution in [0.5, 0.6) is 5.75 Å². The molecule has 3 rings (SSSR count). The topological polar surface area (TPSA) is 81.6 Å². The molecular weight excluding hydrogens is 358 g/mol. The van der Waals surface area contributed by atoms with E-state index < -0.39 is 0 Å². The highest BCUT2D eigenvalue weighted by molar-refractivity contribution is 6.07. The van der Waals surface area contributed by atoms with Gasteiger partial charge in [-0.25, -0.2) is 0 Å². The molecule has 0 aliphatic heterocycles. The fourth-order valence-corrected chi connectivity index (χ4v) is 3.22. The van der Waals surface area contributed by atoms with Crippen LogP contribution in [0.15, 0.2) is 42.5 Å². The zero-order chi connectivity index (χ0) is 20.3. The van der Waals surface area contributed by atoms with Crippen molar-refractivity contribution in [3.05, 3.63) is 53.7 Å². The lowest BCUT2D eigenvalue weighted by molar-refractivity contribution is -0.119. The first-order chi connectivity index (χ1) is 13.4. The van der Waals surface area contributed by atoms with Gasteiger partial charge in [0.1, 0.15) is 18.1 Å². The Bertz CT molecular complexity index is 1040. The second-order valence-electron chi connectivity index (χ2n) is 6.45. The van der Waals surface area contributed by atoms with Gasteiger partial charge in [0.2, 0.25) is 5.91 Å². The van der Waals surface area contributed by atoms with Crippen LogP contribution in [0.25, 0.3) is 10.9 Å². The largest absolute Gasteiger partial charge is 0.494 e. The van der Waals surface area contributed by atoms with Crippen molar-refractivity contribution < 1.29 is 19.1 Å². The van der Waals surface area contributed by atoms with Crippen LogP contribution in [0.1, 0.15) is 16.1 Å². The molecule has 1 heterocycles. The number of carbonyl (C=O) groups is 2. The summed E-state index contributed by atoms with van der Waals surface area (Å²) < 4.78 is 12.0. The van der Waals surface area contributed by atoms with Crippen molar-refractivity contribution in [2.75, 3.05) is 31.5 Å². The fraction of sp³-hybridized carbons (Fsp3) is 0.238.